The molecule has 0 unspecified atom stereocenters. The number of hydrogen-bond acceptors (Lipinski definition) is 6. The number of thioether (sulfide) groups is 1. The smallest absolute Gasteiger partial charge is 0.230 e. The fourth-order valence-electron chi connectivity index (χ4n) is 2.90. The molecule has 4 rings (SSSR count). The number of carbonyl (C=O) groups excluding carboxylic acids is 1. The van der Waals surface area contributed by atoms with Crippen LogP contribution in [0.5, 0.6) is 5.75 Å². The highest BCUT2D eigenvalue weighted by atomic mass is 32.2. The molecule has 0 saturated heterocycles. The maximum Gasteiger partial charge on any atom is 0.230 e. The van der Waals surface area contributed by atoms with Crippen molar-refractivity contribution in [1.29, 1.82) is 0 Å². The number of nitrogens with one attached hydrogen (secondary N) is 1. The Morgan fingerprint density at radius 1 is 1.00 bits per heavy atom. The van der Waals surface area contributed by atoms with Gasteiger partial charge in [-0.1, -0.05) is 60.3 Å². The van der Waals surface area contributed by atoms with Crippen LogP contribution in [0.3, 0.4) is 0 Å². The van der Waals surface area contributed by atoms with Crippen molar-refractivity contribution in [2.75, 3.05) is 5.75 Å². The van der Waals surface area contributed by atoms with Gasteiger partial charge in [0.2, 0.25) is 5.91 Å². The molecule has 2 aromatic heterocycles. The Morgan fingerprint density at radius 2 is 1.77 bits per heavy atom. The van der Waals surface area contributed by atoms with Crippen LogP contribution in [0.1, 0.15) is 17.1 Å². The predicted octanol–water partition coefficient (Wildman–Crippen LogP) is 3.91. The lowest BCUT2D eigenvalue weighted by Crippen LogP contribution is -2.24. The molecule has 0 fully saturated rings. The van der Waals surface area contributed by atoms with Gasteiger partial charge < -0.3 is 14.5 Å². The van der Waals surface area contributed by atoms with Crippen LogP contribution in [0.2, 0.25) is 0 Å². The summed E-state index contributed by atoms with van der Waals surface area (Å²) in [7, 11) is 0. The zero-order valence-corrected chi connectivity index (χ0v) is 17.6. The number of carbonyl (C=O) groups is 1. The SMILES string of the molecule is O=C(CSc1nnc(COc2ccccc2)n1Cc1ccccc1)NCc1ccco1. The van der Waals surface area contributed by atoms with Gasteiger partial charge in [0, 0.05) is 0 Å². The number of ether oxygens (including phenoxy) is 1. The number of nitrogens with zero attached hydrogens (tertiary/aromatic N) is 3. The highest BCUT2D eigenvalue weighted by molar-refractivity contribution is 7.99. The van der Waals surface area contributed by atoms with E-state index < -0.39 is 0 Å². The van der Waals surface area contributed by atoms with Gasteiger partial charge in [-0.25, -0.2) is 0 Å². The van der Waals surface area contributed by atoms with E-state index in [9.17, 15) is 4.79 Å². The molecule has 0 aliphatic heterocycles. The largest absolute Gasteiger partial charge is 0.486 e. The van der Waals surface area contributed by atoms with Gasteiger partial charge in [-0.3, -0.25) is 9.36 Å². The van der Waals surface area contributed by atoms with Crippen molar-refractivity contribution in [3.63, 3.8) is 0 Å². The van der Waals surface area contributed by atoms with Crippen LogP contribution in [0, 0.1) is 0 Å². The third-order valence-corrected chi connectivity index (χ3v) is 5.43. The van der Waals surface area contributed by atoms with Crippen molar-refractivity contribution in [1.82, 2.24) is 20.1 Å². The van der Waals surface area contributed by atoms with Crippen LogP contribution in [-0.2, 0) is 24.5 Å². The molecule has 8 heteroatoms. The molecule has 2 aromatic carbocycles. The highest BCUT2D eigenvalue weighted by Gasteiger charge is 2.15. The summed E-state index contributed by atoms with van der Waals surface area (Å²) in [5, 5.41) is 12.1. The van der Waals surface area contributed by atoms with E-state index in [0.717, 1.165) is 11.3 Å². The van der Waals surface area contributed by atoms with Crippen molar-refractivity contribution < 1.29 is 13.9 Å². The van der Waals surface area contributed by atoms with Crippen LogP contribution in [0.25, 0.3) is 0 Å². The van der Waals surface area contributed by atoms with Crippen LogP contribution in [0.15, 0.2) is 88.6 Å². The second-order valence-electron chi connectivity index (χ2n) is 6.72. The van der Waals surface area contributed by atoms with Gasteiger partial charge in [0.15, 0.2) is 11.0 Å². The van der Waals surface area contributed by atoms with E-state index in [1.54, 1.807) is 12.3 Å². The first-order valence-corrected chi connectivity index (χ1v) is 10.8. The van der Waals surface area contributed by atoms with E-state index in [-0.39, 0.29) is 18.3 Å². The summed E-state index contributed by atoms with van der Waals surface area (Å²) in [6.45, 7) is 1.24. The fourth-order valence-corrected chi connectivity index (χ4v) is 3.69. The van der Waals surface area contributed by atoms with Crippen LogP contribution < -0.4 is 10.1 Å². The van der Waals surface area contributed by atoms with E-state index in [4.69, 9.17) is 9.15 Å². The summed E-state index contributed by atoms with van der Waals surface area (Å²) in [5.41, 5.74) is 1.12. The van der Waals surface area contributed by atoms with Crippen molar-refractivity contribution in [2.24, 2.45) is 0 Å². The normalized spacial score (nSPS) is 10.7. The summed E-state index contributed by atoms with van der Waals surface area (Å²) in [6.07, 6.45) is 1.58. The van der Waals surface area contributed by atoms with Crippen molar-refractivity contribution in [2.45, 2.75) is 24.9 Å². The molecule has 0 radical (unpaired) electrons. The van der Waals surface area contributed by atoms with E-state index >= 15 is 0 Å². The molecule has 1 N–H and O–H groups in total. The summed E-state index contributed by atoms with van der Waals surface area (Å²) < 4.78 is 13.1. The topological polar surface area (TPSA) is 82.2 Å². The fraction of sp³-hybridized carbons (Fsp3) is 0.174. The lowest BCUT2D eigenvalue weighted by atomic mass is 10.2. The quantitative estimate of drug-likeness (QED) is 0.381. The number of furan rings is 1. The Kier molecular flexibility index (Phi) is 7.02. The zero-order chi connectivity index (χ0) is 21.3. The Morgan fingerprint density at radius 3 is 2.52 bits per heavy atom. The number of para-hydroxylation sites is 1. The average Bonchev–Trinajstić information content (AvgIpc) is 3.46. The monoisotopic (exact) mass is 434 g/mol. The number of rotatable bonds is 10. The van der Waals surface area contributed by atoms with Crippen molar-refractivity contribution in [3.8, 4) is 5.75 Å². The number of benzene rings is 2. The maximum absolute atomic E-state index is 12.2. The maximum atomic E-state index is 12.2. The van der Waals surface area contributed by atoms with Gasteiger partial charge in [-0.2, -0.15) is 0 Å². The number of hydrogen-bond donors (Lipinski definition) is 1. The third-order valence-electron chi connectivity index (χ3n) is 4.46. The van der Waals surface area contributed by atoms with Crippen molar-refractivity contribution >= 4 is 17.7 Å². The molecule has 2 heterocycles. The standard InChI is InChI=1S/C23H22N4O3S/c28-22(24-14-20-12-7-13-29-20)17-31-23-26-25-21(16-30-19-10-5-2-6-11-19)27(23)15-18-8-3-1-4-9-18/h1-13H,14-17H2,(H,24,28). The molecule has 0 bridgehead atoms. The molecule has 0 spiro atoms. The first-order valence-electron chi connectivity index (χ1n) is 9.83. The Balaban J connectivity index is 1.42. The molecule has 1 amide bonds. The van der Waals surface area contributed by atoms with E-state index in [1.807, 2.05) is 71.3 Å². The predicted molar refractivity (Wildman–Crippen MR) is 118 cm³/mol. The number of amides is 1. The second-order valence-corrected chi connectivity index (χ2v) is 7.66. The Labute approximate surface area is 184 Å². The minimum atomic E-state index is -0.0993. The molecule has 4 aromatic rings. The third kappa shape index (κ3) is 5.99. The summed E-state index contributed by atoms with van der Waals surface area (Å²) in [4.78, 5) is 12.2. The molecule has 158 valence electrons. The van der Waals surface area contributed by atoms with E-state index in [1.165, 1.54) is 11.8 Å². The average molecular weight is 435 g/mol. The zero-order valence-electron chi connectivity index (χ0n) is 16.8. The second kappa shape index (κ2) is 10.5. The molecule has 0 atom stereocenters. The van der Waals surface area contributed by atoms with Crippen LogP contribution in [0.4, 0.5) is 0 Å². The lowest BCUT2D eigenvalue weighted by molar-refractivity contribution is -0.118. The molecule has 0 aliphatic carbocycles. The van der Waals surface area contributed by atoms with Crippen molar-refractivity contribution in [3.05, 3.63) is 96.2 Å². The molecule has 7 nitrogen and oxygen atoms in total. The highest BCUT2D eigenvalue weighted by Crippen LogP contribution is 2.20. The van der Waals surface area contributed by atoms with E-state index in [0.29, 0.717) is 29.8 Å². The van der Waals surface area contributed by atoms with Gasteiger partial charge in [0.05, 0.1) is 25.1 Å². The van der Waals surface area contributed by atoms with Gasteiger partial charge in [-0.15, -0.1) is 10.2 Å². The van der Waals surface area contributed by atoms with Crippen LogP contribution in [-0.4, -0.2) is 26.4 Å². The molecular formula is C23H22N4O3S. The van der Waals surface area contributed by atoms with Gasteiger partial charge in [0.25, 0.3) is 0 Å². The Bertz CT molecular complexity index is 1080. The van der Waals surface area contributed by atoms with Gasteiger partial charge in [0.1, 0.15) is 18.1 Å². The Hall–Kier alpha value is -3.52. The van der Waals surface area contributed by atoms with Gasteiger partial charge >= 0.3 is 0 Å². The van der Waals surface area contributed by atoms with E-state index in [2.05, 4.69) is 15.5 Å². The minimum absolute atomic E-state index is 0.0993. The molecule has 31 heavy (non-hydrogen) atoms. The number of aromatic nitrogens is 3. The lowest BCUT2D eigenvalue weighted by Gasteiger charge is -2.11. The minimum Gasteiger partial charge on any atom is -0.486 e. The summed E-state index contributed by atoms with van der Waals surface area (Å²) in [6, 6.07) is 23.3. The van der Waals surface area contributed by atoms with Crippen LogP contribution >= 0.6 is 11.8 Å². The molecule has 0 saturated carbocycles. The summed E-state index contributed by atoms with van der Waals surface area (Å²) >= 11 is 1.35. The first-order chi connectivity index (χ1) is 15.3. The first kappa shape index (κ1) is 20.7. The summed E-state index contributed by atoms with van der Waals surface area (Å²) in [5.74, 6) is 2.31. The molecule has 0 aliphatic rings. The molecular weight excluding hydrogens is 412 g/mol. The van der Waals surface area contributed by atoms with Gasteiger partial charge in [-0.05, 0) is 29.8 Å².